The third-order valence-corrected chi connectivity index (χ3v) is 3.33. The molecule has 0 spiro atoms. The highest BCUT2D eigenvalue weighted by Gasteiger charge is 2.44. The predicted molar refractivity (Wildman–Crippen MR) is 62.7 cm³/mol. The van der Waals surface area contributed by atoms with Crippen LogP contribution in [-0.2, 0) is 14.4 Å². The molecule has 1 aromatic carbocycles. The second-order valence-corrected chi connectivity index (χ2v) is 4.47. The fourth-order valence-corrected chi connectivity index (χ4v) is 2.24. The molecular formula is C13H12FNO4. The lowest BCUT2D eigenvalue weighted by Gasteiger charge is -2.32. The van der Waals surface area contributed by atoms with Crippen LogP contribution < -0.4 is 0 Å². The quantitative estimate of drug-likeness (QED) is 0.639. The number of imide groups is 1. The first kappa shape index (κ1) is 13.2. The van der Waals surface area contributed by atoms with Crippen molar-refractivity contribution in [3.63, 3.8) is 0 Å². The summed E-state index contributed by atoms with van der Waals surface area (Å²) in [4.78, 5) is 35.6. The van der Waals surface area contributed by atoms with Gasteiger partial charge in [-0.15, -0.1) is 0 Å². The minimum Gasteiger partial charge on any atom is -0.481 e. The van der Waals surface area contributed by atoms with E-state index >= 15 is 0 Å². The van der Waals surface area contributed by atoms with Gasteiger partial charge >= 0.3 is 5.97 Å². The van der Waals surface area contributed by atoms with Crippen LogP contribution >= 0.6 is 0 Å². The molecule has 0 radical (unpaired) electrons. The van der Waals surface area contributed by atoms with E-state index in [0.29, 0.717) is 5.56 Å². The highest BCUT2D eigenvalue weighted by atomic mass is 19.1. The Bertz CT molecular complexity index is 540. The maximum atomic E-state index is 12.9. The van der Waals surface area contributed by atoms with Crippen LogP contribution in [0.1, 0.15) is 17.9 Å². The summed E-state index contributed by atoms with van der Waals surface area (Å²) in [5.41, 5.74) is 0.476. The summed E-state index contributed by atoms with van der Waals surface area (Å²) in [7, 11) is 1.27. The number of halogens is 1. The first-order chi connectivity index (χ1) is 8.91. The number of carbonyl (C=O) groups is 3. The molecule has 0 saturated carbocycles. The predicted octanol–water partition coefficient (Wildman–Crippen LogP) is 0.999. The van der Waals surface area contributed by atoms with Gasteiger partial charge in [-0.2, -0.15) is 0 Å². The highest BCUT2D eigenvalue weighted by molar-refractivity contribution is 6.08. The van der Waals surface area contributed by atoms with Gasteiger partial charge in [-0.1, -0.05) is 12.1 Å². The molecular weight excluding hydrogens is 253 g/mol. The Morgan fingerprint density at radius 3 is 2.42 bits per heavy atom. The molecule has 1 aromatic rings. The molecule has 1 aliphatic heterocycles. The van der Waals surface area contributed by atoms with Gasteiger partial charge in [0.05, 0.1) is 0 Å². The molecule has 2 atom stereocenters. The average Bonchev–Trinajstić information content (AvgIpc) is 2.36. The van der Waals surface area contributed by atoms with Crippen molar-refractivity contribution in [3.05, 3.63) is 35.6 Å². The second kappa shape index (κ2) is 4.79. The Labute approximate surface area is 108 Å². The largest absolute Gasteiger partial charge is 0.481 e. The van der Waals surface area contributed by atoms with Crippen molar-refractivity contribution in [3.8, 4) is 0 Å². The summed E-state index contributed by atoms with van der Waals surface area (Å²) in [6, 6.07) is 5.17. The zero-order valence-electron chi connectivity index (χ0n) is 10.2. The van der Waals surface area contributed by atoms with E-state index in [1.807, 2.05) is 0 Å². The molecule has 100 valence electrons. The van der Waals surface area contributed by atoms with Gasteiger partial charge in [-0.05, 0) is 17.7 Å². The van der Waals surface area contributed by atoms with Gasteiger partial charge in [0.15, 0.2) is 0 Å². The Morgan fingerprint density at radius 1 is 1.32 bits per heavy atom. The topological polar surface area (TPSA) is 74.7 Å². The molecule has 2 amide bonds. The molecule has 0 aliphatic carbocycles. The van der Waals surface area contributed by atoms with E-state index in [9.17, 15) is 18.8 Å². The number of rotatable bonds is 2. The first-order valence-corrected chi connectivity index (χ1v) is 5.70. The van der Waals surface area contributed by atoms with Crippen LogP contribution in [0.2, 0.25) is 0 Å². The van der Waals surface area contributed by atoms with E-state index in [2.05, 4.69) is 0 Å². The summed E-state index contributed by atoms with van der Waals surface area (Å²) in [6.45, 7) is 0. The van der Waals surface area contributed by atoms with Crippen molar-refractivity contribution in [2.45, 2.75) is 12.3 Å². The first-order valence-electron chi connectivity index (χ1n) is 5.70. The zero-order valence-corrected chi connectivity index (χ0v) is 10.2. The van der Waals surface area contributed by atoms with Crippen molar-refractivity contribution in [1.82, 2.24) is 4.90 Å². The third-order valence-electron chi connectivity index (χ3n) is 3.33. The number of carboxylic acid groups (broad SMARTS) is 1. The van der Waals surface area contributed by atoms with Gasteiger partial charge < -0.3 is 5.11 Å². The number of aliphatic carboxylic acids is 1. The van der Waals surface area contributed by atoms with Gasteiger partial charge in [-0.3, -0.25) is 19.3 Å². The molecule has 0 bridgehead atoms. The van der Waals surface area contributed by atoms with Crippen LogP contribution in [0.15, 0.2) is 24.3 Å². The van der Waals surface area contributed by atoms with Gasteiger partial charge in [0.1, 0.15) is 11.7 Å². The van der Waals surface area contributed by atoms with Crippen LogP contribution in [0.25, 0.3) is 0 Å². The average molecular weight is 265 g/mol. The number of nitrogens with zero attached hydrogens (tertiary/aromatic N) is 1. The monoisotopic (exact) mass is 265 g/mol. The van der Waals surface area contributed by atoms with Gasteiger partial charge in [0, 0.05) is 19.4 Å². The molecule has 1 aliphatic rings. The fraction of sp³-hybridized carbons (Fsp3) is 0.308. The number of piperidine rings is 1. The number of hydrogen-bond acceptors (Lipinski definition) is 3. The van der Waals surface area contributed by atoms with E-state index in [0.717, 1.165) is 4.90 Å². The number of amides is 2. The molecule has 1 fully saturated rings. The van der Waals surface area contributed by atoms with E-state index in [-0.39, 0.29) is 6.42 Å². The Balaban J connectivity index is 2.41. The van der Waals surface area contributed by atoms with Gasteiger partial charge in [0.2, 0.25) is 11.8 Å². The molecule has 1 N–H and O–H groups in total. The second-order valence-electron chi connectivity index (χ2n) is 4.47. The van der Waals surface area contributed by atoms with E-state index in [4.69, 9.17) is 5.11 Å². The van der Waals surface area contributed by atoms with E-state index in [1.54, 1.807) is 0 Å². The van der Waals surface area contributed by atoms with Gasteiger partial charge in [0.25, 0.3) is 0 Å². The number of benzene rings is 1. The summed E-state index contributed by atoms with van der Waals surface area (Å²) in [6.07, 6.45) is -0.0785. The van der Waals surface area contributed by atoms with Crippen LogP contribution in [0.4, 0.5) is 4.39 Å². The summed E-state index contributed by atoms with van der Waals surface area (Å²) in [5, 5.41) is 9.17. The van der Waals surface area contributed by atoms with E-state index in [1.165, 1.54) is 31.3 Å². The maximum absolute atomic E-state index is 12.9. The molecule has 1 heterocycles. The van der Waals surface area contributed by atoms with Crippen molar-refractivity contribution in [2.75, 3.05) is 7.05 Å². The zero-order chi connectivity index (χ0) is 14.2. The van der Waals surface area contributed by atoms with Crippen molar-refractivity contribution < 1.29 is 23.9 Å². The summed E-state index contributed by atoms with van der Waals surface area (Å²) >= 11 is 0. The summed E-state index contributed by atoms with van der Waals surface area (Å²) < 4.78 is 12.9. The standard InChI is InChI=1S/C13H12FNO4/c1-15-10(16)6-9(11(12(15)17)13(18)19)7-2-4-8(14)5-3-7/h2-5,9,11H,6H2,1H3,(H,18,19)/t9-,11?/m0/s1. The van der Waals surface area contributed by atoms with Crippen LogP contribution in [0.3, 0.4) is 0 Å². The Morgan fingerprint density at radius 2 is 1.89 bits per heavy atom. The lowest BCUT2D eigenvalue weighted by Crippen LogP contribution is -2.48. The summed E-state index contributed by atoms with van der Waals surface area (Å²) in [5.74, 6) is -4.97. The molecule has 1 saturated heterocycles. The molecule has 0 aromatic heterocycles. The molecule has 19 heavy (non-hydrogen) atoms. The fourth-order valence-electron chi connectivity index (χ4n) is 2.24. The van der Waals surface area contributed by atoms with Gasteiger partial charge in [-0.25, -0.2) is 4.39 Å². The SMILES string of the molecule is CN1C(=O)C[C@@H](c2ccc(F)cc2)C(C(=O)O)C1=O. The molecule has 5 nitrogen and oxygen atoms in total. The Kier molecular flexibility index (Phi) is 3.33. The van der Waals surface area contributed by atoms with Crippen molar-refractivity contribution >= 4 is 17.8 Å². The van der Waals surface area contributed by atoms with Crippen LogP contribution in [-0.4, -0.2) is 34.8 Å². The van der Waals surface area contributed by atoms with Crippen LogP contribution in [0.5, 0.6) is 0 Å². The minimum absolute atomic E-state index is 0.0785. The van der Waals surface area contributed by atoms with Crippen molar-refractivity contribution in [2.24, 2.45) is 5.92 Å². The highest BCUT2D eigenvalue weighted by Crippen LogP contribution is 2.34. The Hall–Kier alpha value is -2.24. The van der Waals surface area contributed by atoms with Crippen molar-refractivity contribution in [1.29, 1.82) is 0 Å². The number of hydrogen-bond donors (Lipinski definition) is 1. The molecule has 2 rings (SSSR count). The maximum Gasteiger partial charge on any atom is 0.316 e. The van der Waals surface area contributed by atoms with Crippen LogP contribution in [0, 0.1) is 11.7 Å². The molecule has 6 heteroatoms. The smallest absolute Gasteiger partial charge is 0.316 e. The normalized spacial score (nSPS) is 23.6. The van der Waals surface area contributed by atoms with E-state index < -0.39 is 35.4 Å². The number of carboxylic acids is 1. The molecule has 1 unspecified atom stereocenters. The number of carbonyl (C=O) groups excluding carboxylic acids is 2. The lowest BCUT2D eigenvalue weighted by molar-refractivity contribution is -0.159. The minimum atomic E-state index is -1.31. The lowest BCUT2D eigenvalue weighted by atomic mass is 9.79. The number of likely N-dealkylation sites (tertiary alicyclic amines) is 1. The third kappa shape index (κ3) is 2.33.